The third kappa shape index (κ3) is 2.74. The van der Waals surface area contributed by atoms with Crippen molar-refractivity contribution in [2.75, 3.05) is 20.2 Å². The van der Waals surface area contributed by atoms with Crippen LogP contribution >= 0.6 is 0 Å². The van der Waals surface area contributed by atoms with Gasteiger partial charge in [0.1, 0.15) is 6.61 Å². The first-order valence-electron chi connectivity index (χ1n) is 7.94. The van der Waals surface area contributed by atoms with Crippen LogP contribution in [0, 0.1) is 11.8 Å². The van der Waals surface area contributed by atoms with Gasteiger partial charge in [0, 0.05) is 32.3 Å². The van der Waals surface area contributed by atoms with Gasteiger partial charge < -0.3 is 9.64 Å². The molecular weight excluding hydrogens is 296 g/mol. The van der Waals surface area contributed by atoms with E-state index in [4.69, 9.17) is 4.74 Å². The van der Waals surface area contributed by atoms with E-state index in [1.54, 1.807) is 19.5 Å². The van der Waals surface area contributed by atoms with Crippen LogP contribution in [0.15, 0.2) is 12.4 Å². The zero-order chi connectivity index (χ0) is 15.8. The van der Waals surface area contributed by atoms with Crippen LogP contribution in [0.1, 0.15) is 40.8 Å². The van der Waals surface area contributed by atoms with Gasteiger partial charge in [0.15, 0.2) is 11.6 Å². The molecule has 1 saturated heterocycles. The van der Waals surface area contributed by atoms with Crippen molar-refractivity contribution >= 4 is 5.91 Å². The molecule has 2 atom stereocenters. The van der Waals surface area contributed by atoms with E-state index in [0.29, 0.717) is 30.6 Å². The number of nitrogens with one attached hydrogen (secondary N) is 2. The molecule has 2 fully saturated rings. The van der Waals surface area contributed by atoms with Crippen LogP contribution in [0.4, 0.5) is 0 Å². The van der Waals surface area contributed by atoms with E-state index < -0.39 is 0 Å². The highest BCUT2D eigenvalue weighted by Crippen LogP contribution is 2.47. The molecule has 122 valence electrons. The Morgan fingerprint density at radius 3 is 3.00 bits per heavy atom. The van der Waals surface area contributed by atoms with Gasteiger partial charge in [-0.2, -0.15) is 10.2 Å². The largest absolute Gasteiger partial charge is 0.377 e. The Bertz CT molecular complexity index is 678. The Hall–Kier alpha value is -2.22. The maximum absolute atomic E-state index is 12.6. The average molecular weight is 316 g/mol. The maximum atomic E-state index is 12.6. The summed E-state index contributed by atoms with van der Waals surface area (Å²) in [5, 5.41) is 13.9. The summed E-state index contributed by atoms with van der Waals surface area (Å²) in [7, 11) is 1.63. The number of nitrogens with zero attached hydrogens (tertiary/aromatic N) is 4. The van der Waals surface area contributed by atoms with Crippen LogP contribution in [0.2, 0.25) is 0 Å². The van der Waals surface area contributed by atoms with Gasteiger partial charge in [-0.05, 0) is 24.7 Å². The van der Waals surface area contributed by atoms with Crippen molar-refractivity contribution in [2.24, 2.45) is 11.8 Å². The van der Waals surface area contributed by atoms with E-state index >= 15 is 0 Å². The molecule has 0 unspecified atom stereocenters. The molecular formula is C15H20N6O2. The van der Waals surface area contributed by atoms with Gasteiger partial charge >= 0.3 is 0 Å². The number of hydrogen-bond donors (Lipinski definition) is 2. The lowest BCUT2D eigenvalue weighted by molar-refractivity contribution is 0.0784. The third-order valence-electron chi connectivity index (χ3n) is 4.79. The monoisotopic (exact) mass is 316 g/mol. The van der Waals surface area contributed by atoms with Crippen LogP contribution in [-0.2, 0) is 11.3 Å². The van der Waals surface area contributed by atoms with Crippen molar-refractivity contribution in [2.45, 2.75) is 25.4 Å². The molecule has 2 aromatic rings. The second-order valence-electron chi connectivity index (χ2n) is 6.38. The number of aromatic nitrogens is 5. The molecule has 8 heteroatoms. The molecule has 23 heavy (non-hydrogen) atoms. The smallest absolute Gasteiger partial charge is 0.257 e. The number of carbonyl (C=O) groups is 1. The van der Waals surface area contributed by atoms with Crippen LogP contribution in [0.25, 0.3) is 0 Å². The van der Waals surface area contributed by atoms with E-state index in [1.807, 2.05) is 4.90 Å². The SMILES string of the molecule is COCc1nc([C@H]2CN(C(=O)c3cn[nH]c3)C[C@@H]2C2CC2)n[nH]1. The number of H-pyrrole nitrogens is 2. The molecule has 0 bridgehead atoms. The first-order chi connectivity index (χ1) is 11.3. The number of carbonyl (C=O) groups excluding carboxylic acids is 1. The number of rotatable bonds is 5. The molecule has 1 amide bonds. The van der Waals surface area contributed by atoms with Gasteiger partial charge in [0.05, 0.1) is 11.8 Å². The third-order valence-corrected chi connectivity index (χ3v) is 4.79. The van der Waals surface area contributed by atoms with E-state index in [9.17, 15) is 4.79 Å². The molecule has 2 aliphatic rings. The molecule has 2 aromatic heterocycles. The predicted molar refractivity (Wildman–Crippen MR) is 80.5 cm³/mol. The van der Waals surface area contributed by atoms with Crippen molar-refractivity contribution in [3.8, 4) is 0 Å². The minimum Gasteiger partial charge on any atom is -0.377 e. The summed E-state index contributed by atoms with van der Waals surface area (Å²) in [5.74, 6) is 2.89. The summed E-state index contributed by atoms with van der Waals surface area (Å²) in [6.07, 6.45) is 5.70. The lowest BCUT2D eigenvalue weighted by Crippen LogP contribution is -2.28. The number of hydrogen-bond acceptors (Lipinski definition) is 5. The standard InChI is InChI=1S/C15H20N6O2/c1-23-8-13-18-14(20-19-13)12-7-21(6-11(12)9-2-3-9)15(22)10-4-16-17-5-10/h4-5,9,11-12H,2-3,6-8H2,1H3,(H,16,17)(H,18,19,20)/t11-,12+/m1/s1. The molecule has 8 nitrogen and oxygen atoms in total. The Morgan fingerprint density at radius 2 is 2.30 bits per heavy atom. The predicted octanol–water partition coefficient (Wildman–Crippen LogP) is 0.940. The topological polar surface area (TPSA) is 99.8 Å². The zero-order valence-corrected chi connectivity index (χ0v) is 13.0. The van der Waals surface area contributed by atoms with Crippen LogP contribution < -0.4 is 0 Å². The Morgan fingerprint density at radius 1 is 1.43 bits per heavy atom. The van der Waals surface area contributed by atoms with Gasteiger partial charge in [0.2, 0.25) is 0 Å². The highest BCUT2D eigenvalue weighted by atomic mass is 16.5. The Labute approximate surface area is 133 Å². The van der Waals surface area contributed by atoms with Crippen LogP contribution in [0.5, 0.6) is 0 Å². The normalized spacial score (nSPS) is 24.3. The molecule has 0 spiro atoms. The summed E-state index contributed by atoms with van der Waals surface area (Å²) in [6, 6.07) is 0. The molecule has 1 saturated carbocycles. The molecule has 1 aliphatic carbocycles. The first-order valence-corrected chi connectivity index (χ1v) is 7.94. The molecule has 3 heterocycles. The van der Waals surface area contributed by atoms with E-state index in [2.05, 4.69) is 25.4 Å². The Balaban J connectivity index is 1.54. The number of aromatic amines is 2. The summed E-state index contributed by atoms with van der Waals surface area (Å²) in [4.78, 5) is 19.0. The first kappa shape index (κ1) is 14.4. The maximum Gasteiger partial charge on any atom is 0.257 e. The van der Waals surface area contributed by atoms with Crippen LogP contribution in [-0.4, -0.2) is 56.4 Å². The highest BCUT2D eigenvalue weighted by molar-refractivity contribution is 5.93. The number of ether oxygens (including phenoxy) is 1. The second kappa shape index (κ2) is 5.77. The fraction of sp³-hybridized carbons (Fsp3) is 0.600. The van der Waals surface area contributed by atoms with Gasteiger partial charge in [-0.15, -0.1) is 0 Å². The van der Waals surface area contributed by atoms with E-state index in [1.165, 1.54) is 12.8 Å². The van der Waals surface area contributed by atoms with Crippen molar-refractivity contribution in [3.63, 3.8) is 0 Å². The minimum atomic E-state index is 0.0274. The van der Waals surface area contributed by atoms with Crippen molar-refractivity contribution in [1.82, 2.24) is 30.3 Å². The average Bonchev–Trinajstić information content (AvgIpc) is 3.01. The second-order valence-corrected chi connectivity index (χ2v) is 6.38. The van der Waals surface area contributed by atoms with Gasteiger partial charge in [-0.25, -0.2) is 4.98 Å². The molecule has 0 aromatic carbocycles. The summed E-state index contributed by atoms with van der Waals surface area (Å²) < 4.78 is 5.09. The molecule has 0 radical (unpaired) electrons. The number of methoxy groups -OCH3 is 1. The van der Waals surface area contributed by atoms with Crippen molar-refractivity contribution in [1.29, 1.82) is 0 Å². The molecule has 4 rings (SSSR count). The fourth-order valence-corrected chi connectivity index (χ4v) is 3.50. The lowest BCUT2D eigenvalue weighted by atomic mass is 9.91. The van der Waals surface area contributed by atoms with Crippen molar-refractivity contribution < 1.29 is 9.53 Å². The quantitative estimate of drug-likeness (QED) is 0.855. The summed E-state index contributed by atoms with van der Waals surface area (Å²) >= 11 is 0. The lowest BCUT2D eigenvalue weighted by Gasteiger charge is -2.14. The fourth-order valence-electron chi connectivity index (χ4n) is 3.50. The van der Waals surface area contributed by atoms with Crippen molar-refractivity contribution in [3.05, 3.63) is 29.6 Å². The zero-order valence-electron chi connectivity index (χ0n) is 13.0. The molecule has 2 N–H and O–H groups in total. The van der Waals surface area contributed by atoms with Gasteiger partial charge in [0.25, 0.3) is 5.91 Å². The number of amides is 1. The highest BCUT2D eigenvalue weighted by Gasteiger charge is 2.46. The summed E-state index contributed by atoms with van der Waals surface area (Å²) in [5.41, 5.74) is 0.607. The Kier molecular flexibility index (Phi) is 3.60. The summed E-state index contributed by atoms with van der Waals surface area (Å²) in [6.45, 7) is 1.86. The van der Waals surface area contributed by atoms with Crippen LogP contribution in [0.3, 0.4) is 0 Å². The minimum absolute atomic E-state index is 0.0274. The van der Waals surface area contributed by atoms with Gasteiger partial charge in [-0.1, -0.05) is 0 Å². The van der Waals surface area contributed by atoms with Gasteiger partial charge in [-0.3, -0.25) is 15.0 Å². The number of likely N-dealkylation sites (tertiary alicyclic amines) is 1. The van der Waals surface area contributed by atoms with E-state index in [0.717, 1.165) is 18.2 Å². The molecule has 1 aliphatic heterocycles. The van der Waals surface area contributed by atoms with E-state index in [-0.39, 0.29) is 11.8 Å².